The summed E-state index contributed by atoms with van der Waals surface area (Å²) in [4.78, 5) is 4.92. The summed E-state index contributed by atoms with van der Waals surface area (Å²) in [6.45, 7) is 7.75. The van der Waals surface area contributed by atoms with Crippen LogP contribution < -0.4 is 4.72 Å². The molecule has 0 unspecified atom stereocenters. The van der Waals surface area contributed by atoms with Gasteiger partial charge in [-0.1, -0.05) is 48.5 Å². The first-order valence-electron chi connectivity index (χ1n) is 8.24. The van der Waals surface area contributed by atoms with Crippen LogP contribution in [0.4, 0.5) is 0 Å². The molecule has 0 fully saturated rings. The fourth-order valence-electron chi connectivity index (χ4n) is 2.94. The van der Waals surface area contributed by atoms with E-state index in [-0.39, 0.29) is 6.04 Å². The number of amidine groups is 1. The second-order valence-electron chi connectivity index (χ2n) is 6.42. The molecule has 0 radical (unpaired) electrons. The van der Waals surface area contributed by atoms with Crippen LogP contribution in [0.5, 0.6) is 0 Å². The van der Waals surface area contributed by atoms with Gasteiger partial charge in [0.05, 0.1) is 6.04 Å². The molecule has 2 aromatic carbocycles. The standard InChI is InChI=1S/C20H22N2O2S/c1-13-10-11-18(12-14(13)2)19-15(3)20(22-25(19,23)24)21-16(4)17-8-6-5-7-9-17/h5-12,16H,1-4H3,(H,21,22)/t16-/m1/s1. The minimum absolute atomic E-state index is 0.132. The third-order valence-electron chi connectivity index (χ3n) is 4.57. The summed E-state index contributed by atoms with van der Waals surface area (Å²) in [5.41, 5.74) is 4.60. The predicted molar refractivity (Wildman–Crippen MR) is 103 cm³/mol. The lowest BCUT2D eigenvalue weighted by atomic mass is 10.0. The van der Waals surface area contributed by atoms with Crippen molar-refractivity contribution in [1.29, 1.82) is 0 Å². The van der Waals surface area contributed by atoms with Gasteiger partial charge in [-0.05, 0) is 49.9 Å². The molecular formula is C20H22N2O2S. The Hall–Kier alpha value is -2.40. The molecule has 1 N–H and O–H groups in total. The Morgan fingerprint density at radius 2 is 1.64 bits per heavy atom. The highest BCUT2D eigenvalue weighted by Crippen LogP contribution is 2.32. The van der Waals surface area contributed by atoms with Crippen LogP contribution in [-0.4, -0.2) is 14.3 Å². The van der Waals surface area contributed by atoms with Gasteiger partial charge in [0.1, 0.15) is 10.7 Å². The quantitative estimate of drug-likeness (QED) is 0.901. The number of benzene rings is 2. The van der Waals surface area contributed by atoms with E-state index in [1.54, 1.807) is 6.92 Å². The van der Waals surface area contributed by atoms with Crippen LogP contribution in [0.1, 0.15) is 42.1 Å². The van der Waals surface area contributed by atoms with E-state index in [0.717, 1.165) is 16.7 Å². The molecule has 1 heterocycles. The highest BCUT2D eigenvalue weighted by Gasteiger charge is 2.33. The van der Waals surface area contributed by atoms with E-state index in [4.69, 9.17) is 0 Å². The van der Waals surface area contributed by atoms with E-state index in [1.807, 2.05) is 69.3 Å². The Kier molecular flexibility index (Phi) is 4.52. The lowest BCUT2D eigenvalue weighted by molar-refractivity contribution is 0.603. The number of nitrogens with zero attached hydrogens (tertiary/aromatic N) is 1. The lowest BCUT2D eigenvalue weighted by Gasteiger charge is -2.08. The van der Waals surface area contributed by atoms with Crippen LogP contribution in [0, 0.1) is 13.8 Å². The van der Waals surface area contributed by atoms with E-state index in [0.29, 0.717) is 21.9 Å². The maximum atomic E-state index is 12.6. The number of sulfonamides is 1. The summed E-state index contributed by atoms with van der Waals surface area (Å²) in [6.07, 6.45) is 0. The first-order chi connectivity index (χ1) is 11.8. The van der Waals surface area contributed by atoms with E-state index >= 15 is 0 Å². The highest BCUT2D eigenvalue weighted by molar-refractivity contribution is 8.00. The van der Waals surface area contributed by atoms with Gasteiger partial charge in [0.25, 0.3) is 10.0 Å². The second kappa shape index (κ2) is 6.48. The summed E-state index contributed by atoms with van der Waals surface area (Å²) in [6, 6.07) is 15.4. The highest BCUT2D eigenvalue weighted by atomic mass is 32.2. The smallest absolute Gasteiger partial charge is 0.263 e. The van der Waals surface area contributed by atoms with Crippen molar-refractivity contribution in [3.8, 4) is 0 Å². The molecule has 2 aromatic rings. The maximum absolute atomic E-state index is 12.6. The molecule has 1 atom stereocenters. The van der Waals surface area contributed by atoms with Gasteiger partial charge < -0.3 is 0 Å². The largest absolute Gasteiger partial charge is 0.264 e. The Morgan fingerprint density at radius 1 is 0.960 bits per heavy atom. The molecule has 0 saturated heterocycles. The average Bonchev–Trinajstić information content (AvgIpc) is 2.80. The molecule has 3 rings (SSSR count). The number of hydrogen-bond acceptors (Lipinski definition) is 3. The summed E-state index contributed by atoms with van der Waals surface area (Å²) in [5.74, 6) is 0.421. The molecule has 130 valence electrons. The Morgan fingerprint density at radius 3 is 2.28 bits per heavy atom. The van der Waals surface area contributed by atoms with E-state index in [2.05, 4.69) is 9.71 Å². The minimum atomic E-state index is -3.60. The molecule has 0 amide bonds. The van der Waals surface area contributed by atoms with Crippen molar-refractivity contribution in [2.45, 2.75) is 33.7 Å². The fraction of sp³-hybridized carbons (Fsp3) is 0.250. The third kappa shape index (κ3) is 3.37. The van der Waals surface area contributed by atoms with Crippen LogP contribution >= 0.6 is 0 Å². The van der Waals surface area contributed by atoms with Crippen molar-refractivity contribution in [3.63, 3.8) is 0 Å². The molecule has 0 saturated carbocycles. The van der Waals surface area contributed by atoms with Gasteiger partial charge in [-0.2, -0.15) is 0 Å². The number of aliphatic imine (C=N–C) groups is 1. The third-order valence-corrected chi connectivity index (χ3v) is 6.11. The number of nitrogens with one attached hydrogen (secondary N) is 1. The zero-order valence-electron chi connectivity index (χ0n) is 14.9. The first-order valence-corrected chi connectivity index (χ1v) is 9.72. The Balaban J connectivity index is 2.05. The number of rotatable bonds is 3. The predicted octanol–water partition coefficient (Wildman–Crippen LogP) is 4.13. The molecule has 4 nitrogen and oxygen atoms in total. The molecule has 0 aliphatic carbocycles. The SMILES string of the molecule is CC1=C(c2ccc(C)c(C)c2)S(=O)(=O)NC1=N[C@H](C)c1ccccc1. The summed E-state index contributed by atoms with van der Waals surface area (Å²) < 4.78 is 27.9. The summed E-state index contributed by atoms with van der Waals surface area (Å²) in [7, 11) is -3.60. The summed E-state index contributed by atoms with van der Waals surface area (Å²) >= 11 is 0. The minimum Gasteiger partial charge on any atom is -0.263 e. The molecule has 1 aliphatic rings. The van der Waals surface area contributed by atoms with Gasteiger partial charge in [0, 0.05) is 5.57 Å². The van der Waals surface area contributed by atoms with Gasteiger partial charge in [-0.25, -0.2) is 8.42 Å². The molecule has 0 spiro atoms. The second-order valence-corrected chi connectivity index (χ2v) is 8.04. The van der Waals surface area contributed by atoms with Gasteiger partial charge >= 0.3 is 0 Å². The van der Waals surface area contributed by atoms with Gasteiger partial charge in [-0.3, -0.25) is 9.71 Å². The Bertz CT molecular complexity index is 974. The van der Waals surface area contributed by atoms with Crippen LogP contribution in [-0.2, 0) is 10.0 Å². The van der Waals surface area contributed by atoms with E-state index < -0.39 is 10.0 Å². The van der Waals surface area contributed by atoms with E-state index in [1.165, 1.54) is 0 Å². The molecule has 0 bridgehead atoms. The zero-order chi connectivity index (χ0) is 18.2. The Labute approximate surface area is 149 Å². The van der Waals surface area contributed by atoms with Gasteiger partial charge in [-0.15, -0.1) is 0 Å². The van der Waals surface area contributed by atoms with Crippen LogP contribution in [0.25, 0.3) is 4.91 Å². The topological polar surface area (TPSA) is 58.5 Å². The zero-order valence-corrected chi connectivity index (χ0v) is 15.7. The average molecular weight is 354 g/mol. The maximum Gasteiger partial charge on any atom is 0.264 e. The van der Waals surface area contributed by atoms with Crippen molar-refractivity contribution in [2.75, 3.05) is 0 Å². The van der Waals surface area contributed by atoms with Crippen molar-refractivity contribution < 1.29 is 8.42 Å². The normalized spacial score (nSPS) is 19.1. The van der Waals surface area contributed by atoms with Crippen LogP contribution in [0.2, 0.25) is 0 Å². The van der Waals surface area contributed by atoms with Gasteiger partial charge in [0.2, 0.25) is 0 Å². The van der Waals surface area contributed by atoms with Crippen molar-refractivity contribution in [1.82, 2.24) is 4.72 Å². The molecule has 25 heavy (non-hydrogen) atoms. The first kappa shape index (κ1) is 17.4. The molecule has 1 aliphatic heterocycles. The molecule has 0 aromatic heterocycles. The van der Waals surface area contributed by atoms with Gasteiger partial charge in [0.15, 0.2) is 0 Å². The van der Waals surface area contributed by atoms with Crippen molar-refractivity contribution in [3.05, 3.63) is 76.4 Å². The summed E-state index contributed by atoms with van der Waals surface area (Å²) in [5, 5.41) is 0. The monoisotopic (exact) mass is 354 g/mol. The lowest BCUT2D eigenvalue weighted by Crippen LogP contribution is -2.24. The molecular weight excluding hydrogens is 332 g/mol. The number of aryl methyl sites for hydroxylation is 2. The van der Waals surface area contributed by atoms with Crippen molar-refractivity contribution in [2.24, 2.45) is 4.99 Å². The number of hydrogen-bond donors (Lipinski definition) is 1. The van der Waals surface area contributed by atoms with Crippen LogP contribution in [0.15, 0.2) is 59.1 Å². The fourth-order valence-corrected chi connectivity index (χ4v) is 4.44. The van der Waals surface area contributed by atoms with Crippen molar-refractivity contribution >= 4 is 20.8 Å². The van der Waals surface area contributed by atoms with E-state index in [9.17, 15) is 8.42 Å². The van der Waals surface area contributed by atoms with Crippen LogP contribution in [0.3, 0.4) is 0 Å². The molecule has 5 heteroatoms.